The van der Waals surface area contributed by atoms with Crippen molar-refractivity contribution in [3.8, 4) is 0 Å². The molecule has 138 valence electrons. The fourth-order valence-corrected chi connectivity index (χ4v) is 4.67. The topological polar surface area (TPSA) is 79.4 Å². The van der Waals surface area contributed by atoms with E-state index in [1.54, 1.807) is 37.4 Å². The molecule has 1 saturated heterocycles. The highest BCUT2D eigenvalue weighted by molar-refractivity contribution is 7.91. The number of halogens is 1. The summed E-state index contributed by atoms with van der Waals surface area (Å²) in [5.74, 6) is -0.486. The molecular formula is C18H20FN3O3S. The van der Waals surface area contributed by atoms with E-state index in [4.69, 9.17) is 0 Å². The van der Waals surface area contributed by atoms with Gasteiger partial charge in [-0.05, 0) is 24.6 Å². The minimum atomic E-state index is -3.06. The lowest BCUT2D eigenvalue weighted by molar-refractivity contribution is 0.0742. The molecule has 8 heteroatoms. The van der Waals surface area contributed by atoms with Gasteiger partial charge in [-0.3, -0.25) is 4.79 Å². The fraction of sp³-hybridized carbons (Fsp3) is 0.333. The summed E-state index contributed by atoms with van der Waals surface area (Å²) >= 11 is 0. The smallest absolute Gasteiger partial charge is 0.272 e. The molecule has 0 saturated carbocycles. The highest BCUT2D eigenvalue weighted by atomic mass is 32.2. The second-order valence-electron chi connectivity index (χ2n) is 6.35. The Bertz CT molecular complexity index is 900. The molecule has 1 aliphatic rings. The van der Waals surface area contributed by atoms with E-state index in [-0.39, 0.29) is 35.0 Å². The van der Waals surface area contributed by atoms with Gasteiger partial charge in [0.15, 0.2) is 9.84 Å². The zero-order valence-corrected chi connectivity index (χ0v) is 15.2. The molecule has 2 heterocycles. The van der Waals surface area contributed by atoms with Crippen molar-refractivity contribution in [1.29, 1.82) is 0 Å². The lowest BCUT2D eigenvalue weighted by Crippen LogP contribution is -2.38. The Morgan fingerprint density at radius 1 is 1.31 bits per heavy atom. The van der Waals surface area contributed by atoms with Crippen LogP contribution in [0.3, 0.4) is 0 Å². The number of anilines is 1. The summed E-state index contributed by atoms with van der Waals surface area (Å²) in [6, 6.07) is 9.44. The van der Waals surface area contributed by atoms with Crippen molar-refractivity contribution in [2.75, 3.05) is 23.9 Å². The van der Waals surface area contributed by atoms with Gasteiger partial charge in [-0.1, -0.05) is 18.2 Å². The summed E-state index contributed by atoms with van der Waals surface area (Å²) in [5, 5.41) is 3.06. The van der Waals surface area contributed by atoms with Gasteiger partial charge < -0.3 is 10.2 Å². The highest BCUT2D eigenvalue weighted by Crippen LogP contribution is 2.19. The average molecular weight is 377 g/mol. The van der Waals surface area contributed by atoms with Gasteiger partial charge in [0, 0.05) is 25.2 Å². The number of hydrogen-bond donors (Lipinski definition) is 1. The molecule has 1 N–H and O–H groups in total. The summed E-state index contributed by atoms with van der Waals surface area (Å²) in [6.45, 7) is 0.307. The summed E-state index contributed by atoms with van der Waals surface area (Å²) in [6.07, 6.45) is 1.96. The van der Waals surface area contributed by atoms with Crippen LogP contribution in [0.2, 0.25) is 0 Å². The molecule has 0 radical (unpaired) electrons. The van der Waals surface area contributed by atoms with Crippen LogP contribution in [-0.4, -0.2) is 48.8 Å². The Morgan fingerprint density at radius 3 is 2.69 bits per heavy atom. The molecule has 0 bridgehead atoms. The van der Waals surface area contributed by atoms with Crippen LogP contribution in [-0.2, 0) is 16.4 Å². The number of nitrogens with one attached hydrogen (secondary N) is 1. The molecular weight excluding hydrogens is 357 g/mol. The van der Waals surface area contributed by atoms with Crippen LogP contribution in [0, 0.1) is 5.82 Å². The van der Waals surface area contributed by atoms with Crippen LogP contribution in [0.15, 0.2) is 42.6 Å². The number of benzene rings is 1. The second-order valence-corrected chi connectivity index (χ2v) is 8.58. The Hall–Kier alpha value is -2.48. The van der Waals surface area contributed by atoms with Gasteiger partial charge >= 0.3 is 0 Å². The van der Waals surface area contributed by atoms with Crippen LogP contribution in [0.5, 0.6) is 0 Å². The van der Waals surface area contributed by atoms with Gasteiger partial charge in [-0.25, -0.2) is 17.8 Å². The fourth-order valence-electron chi connectivity index (χ4n) is 2.89. The molecule has 0 aliphatic carbocycles. The summed E-state index contributed by atoms with van der Waals surface area (Å²) < 4.78 is 36.8. The van der Waals surface area contributed by atoms with E-state index in [1.165, 1.54) is 17.2 Å². The van der Waals surface area contributed by atoms with Crippen LogP contribution in [0.4, 0.5) is 10.1 Å². The lowest BCUT2D eigenvalue weighted by Gasteiger charge is -2.23. The predicted octanol–water partition coefficient (Wildman–Crippen LogP) is 2.09. The first-order valence-corrected chi connectivity index (χ1v) is 10.1. The van der Waals surface area contributed by atoms with Crippen LogP contribution < -0.4 is 5.32 Å². The molecule has 26 heavy (non-hydrogen) atoms. The van der Waals surface area contributed by atoms with E-state index >= 15 is 0 Å². The zero-order valence-electron chi connectivity index (χ0n) is 14.4. The van der Waals surface area contributed by atoms with Crippen molar-refractivity contribution in [2.45, 2.75) is 19.0 Å². The van der Waals surface area contributed by atoms with Crippen molar-refractivity contribution >= 4 is 21.4 Å². The number of carbonyl (C=O) groups is 1. The first-order chi connectivity index (χ1) is 12.4. The summed E-state index contributed by atoms with van der Waals surface area (Å²) in [4.78, 5) is 18.1. The lowest BCUT2D eigenvalue weighted by atomic mass is 10.2. The summed E-state index contributed by atoms with van der Waals surface area (Å²) in [7, 11) is -1.46. The maximum Gasteiger partial charge on any atom is 0.272 e. The third-order valence-corrected chi connectivity index (χ3v) is 6.25. The molecule has 0 spiro atoms. The number of aromatic nitrogens is 1. The predicted molar refractivity (Wildman–Crippen MR) is 97.1 cm³/mol. The molecule has 1 amide bonds. The van der Waals surface area contributed by atoms with Crippen molar-refractivity contribution < 1.29 is 17.6 Å². The van der Waals surface area contributed by atoms with Crippen LogP contribution >= 0.6 is 0 Å². The standard InChI is InChI=1S/C18H20FN3O3S/c1-22(15-8-9-26(24,25)12-15)18(23)17-7-6-14(11-21-17)20-10-13-4-2-3-5-16(13)19/h2-7,11,15,20H,8-10,12H2,1H3. The zero-order chi connectivity index (χ0) is 18.7. The Morgan fingerprint density at radius 2 is 2.08 bits per heavy atom. The van der Waals surface area contributed by atoms with E-state index in [9.17, 15) is 17.6 Å². The van der Waals surface area contributed by atoms with Crippen LogP contribution in [0.1, 0.15) is 22.5 Å². The Kier molecular flexibility index (Phi) is 5.22. The molecule has 2 aromatic rings. The molecule has 1 unspecified atom stereocenters. The minimum Gasteiger partial charge on any atom is -0.380 e. The van der Waals surface area contributed by atoms with Crippen LogP contribution in [0.25, 0.3) is 0 Å². The largest absolute Gasteiger partial charge is 0.380 e. The molecule has 6 nitrogen and oxygen atoms in total. The van der Waals surface area contributed by atoms with Gasteiger partial charge in [-0.2, -0.15) is 0 Å². The Labute approximate surface area is 152 Å². The third kappa shape index (κ3) is 4.19. The number of rotatable bonds is 5. The molecule has 1 atom stereocenters. The maximum atomic E-state index is 13.6. The van der Waals surface area contributed by atoms with E-state index in [1.807, 2.05) is 0 Å². The number of hydrogen-bond acceptors (Lipinski definition) is 5. The van der Waals surface area contributed by atoms with E-state index in [0.717, 1.165) is 0 Å². The number of carbonyl (C=O) groups excluding carboxylic acids is 1. The molecule has 1 aromatic heterocycles. The first kappa shape index (κ1) is 18.3. The molecule has 1 fully saturated rings. The first-order valence-electron chi connectivity index (χ1n) is 8.26. The van der Waals surface area contributed by atoms with E-state index < -0.39 is 9.84 Å². The molecule has 1 aliphatic heterocycles. The van der Waals surface area contributed by atoms with E-state index in [0.29, 0.717) is 24.2 Å². The minimum absolute atomic E-state index is 0.00246. The molecule has 1 aromatic carbocycles. The highest BCUT2D eigenvalue weighted by Gasteiger charge is 2.33. The SMILES string of the molecule is CN(C(=O)c1ccc(NCc2ccccc2F)cn1)C1CCS(=O)(=O)C1. The monoisotopic (exact) mass is 377 g/mol. The number of sulfone groups is 1. The average Bonchev–Trinajstić information content (AvgIpc) is 3.00. The number of pyridine rings is 1. The van der Waals surface area contributed by atoms with Crippen molar-refractivity contribution in [1.82, 2.24) is 9.88 Å². The second kappa shape index (κ2) is 7.41. The van der Waals surface area contributed by atoms with Crippen molar-refractivity contribution in [3.63, 3.8) is 0 Å². The van der Waals surface area contributed by atoms with Gasteiger partial charge in [0.2, 0.25) is 0 Å². The third-order valence-electron chi connectivity index (χ3n) is 4.50. The maximum absolute atomic E-state index is 13.6. The van der Waals surface area contributed by atoms with Crippen molar-refractivity contribution in [2.24, 2.45) is 0 Å². The number of nitrogens with zero attached hydrogens (tertiary/aromatic N) is 2. The van der Waals surface area contributed by atoms with E-state index in [2.05, 4.69) is 10.3 Å². The Balaban J connectivity index is 1.62. The number of amides is 1. The normalized spacial score (nSPS) is 18.5. The van der Waals surface area contributed by atoms with Gasteiger partial charge in [0.25, 0.3) is 5.91 Å². The van der Waals surface area contributed by atoms with Gasteiger partial charge in [0.1, 0.15) is 11.5 Å². The van der Waals surface area contributed by atoms with Gasteiger partial charge in [-0.15, -0.1) is 0 Å². The molecule has 3 rings (SSSR count). The van der Waals surface area contributed by atoms with Crippen molar-refractivity contribution in [3.05, 3.63) is 59.7 Å². The quantitative estimate of drug-likeness (QED) is 0.863. The van der Waals surface area contributed by atoms with Gasteiger partial charge in [0.05, 0.1) is 23.4 Å². The summed E-state index contributed by atoms with van der Waals surface area (Å²) in [5.41, 5.74) is 1.44.